The van der Waals surface area contributed by atoms with Crippen molar-refractivity contribution in [2.75, 3.05) is 7.05 Å². The van der Waals surface area contributed by atoms with Crippen LogP contribution < -0.4 is 10.1 Å². The van der Waals surface area contributed by atoms with E-state index >= 15 is 0 Å². The van der Waals surface area contributed by atoms with Crippen molar-refractivity contribution < 1.29 is 23.9 Å². The second-order valence-electron chi connectivity index (χ2n) is 8.22. The molecule has 182 valence electrons. The average molecular weight is 475 g/mol. The maximum absolute atomic E-state index is 12.9. The van der Waals surface area contributed by atoms with Gasteiger partial charge >= 0.3 is 6.09 Å². The molecule has 0 aliphatic carbocycles. The number of likely N-dealkylation sites (N-methyl/N-ethyl adjacent to an activating group) is 1. The summed E-state index contributed by atoms with van der Waals surface area (Å²) in [4.78, 5) is 37.9. The molecule has 0 saturated heterocycles. The summed E-state index contributed by atoms with van der Waals surface area (Å²) in [6.07, 6.45) is 0.255. The molecule has 3 rings (SSSR count). The average Bonchev–Trinajstić information content (AvgIpc) is 2.90. The third-order valence-electron chi connectivity index (χ3n) is 5.44. The van der Waals surface area contributed by atoms with Crippen molar-refractivity contribution in [2.24, 2.45) is 0 Å². The number of aldehydes is 1. The fraction of sp³-hybridized carbons (Fsp3) is 0.250. The van der Waals surface area contributed by atoms with Gasteiger partial charge < -0.3 is 19.6 Å². The van der Waals surface area contributed by atoms with Crippen LogP contribution in [-0.2, 0) is 34.0 Å². The first-order chi connectivity index (χ1) is 17.0. The quantitative estimate of drug-likeness (QED) is 0.422. The number of amides is 2. The minimum absolute atomic E-state index is 0.0938. The predicted molar refractivity (Wildman–Crippen MR) is 133 cm³/mol. The number of carbonyl (C=O) groups excluding carboxylic acids is 3. The van der Waals surface area contributed by atoms with Gasteiger partial charge in [-0.15, -0.1) is 0 Å². The Balaban J connectivity index is 1.65. The summed E-state index contributed by atoms with van der Waals surface area (Å²) in [6.45, 7) is 2.12. The van der Waals surface area contributed by atoms with E-state index in [1.165, 1.54) is 11.9 Å². The number of nitrogens with one attached hydrogen (secondary N) is 1. The van der Waals surface area contributed by atoms with Crippen molar-refractivity contribution in [3.05, 3.63) is 102 Å². The molecule has 0 bridgehead atoms. The van der Waals surface area contributed by atoms with Crippen LogP contribution >= 0.6 is 0 Å². The second kappa shape index (κ2) is 12.9. The maximum Gasteiger partial charge on any atom is 0.410 e. The normalized spacial score (nSPS) is 12.2. The lowest BCUT2D eigenvalue weighted by atomic mass is 10.0. The maximum atomic E-state index is 12.9. The summed E-state index contributed by atoms with van der Waals surface area (Å²) in [6, 6.07) is 25.0. The number of benzene rings is 3. The molecule has 0 aliphatic heterocycles. The third-order valence-corrected chi connectivity index (χ3v) is 5.44. The summed E-state index contributed by atoms with van der Waals surface area (Å²) in [5, 5.41) is 2.63. The van der Waals surface area contributed by atoms with E-state index in [0.29, 0.717) is 18.6 Å². The van der Waals surface area contributed by atoms with Gasteiger partial charge in [0.2, 0.25) is 5.91 Å². The van der Waals surface area contributed by atoms with E-state index in [9.17, 15) is 14.4 Å². The van der Waals surface area contributed by atoms with Crippen molar-refractivity contribution in [2.45, 2.75) is 38.6 Å². The van der Waals surface area contributed by atoms with E-state index in [-0.39, 0.29) is 13.0 Å². The van der Waals surface area contributed by atoms with E-state index in [2.05, 4.69) is 5.32 Å². The molecule has 0 spiro atoms. The van der Waals surface area contributed by atoms with Gasteiger partial charge in [-0.25, -0.2) is 4.79 Å². The van der Waals surface area contributed by atoms with Gasteiger partial charge in [0.15, 0.2) is 0 Å². The zero-order chi connectivity index (χ0) is 25.0. The Hall–Kier alpha value is -4.13. The Morgan fingerprint density at radius 1 is 0.857 bits per heavy atom. The van der Waals surface area contributed by atoms with Crippen LogP contribution in [-0.4, -0.2) is 42.3 Å². The van der Waals surface area contributed by atoms with Crippen molar-refractivity contribution >= 4 is 18.3 Å². The first-order valence-electron chi connectivity index (χ1n) is 11.4. The van der Waals surface area contributed by atoms with Crippen molar-refractivity contribution in [1.29, 1.82) is 0 Å². The monoisotopic (exact) mass is 474 g/mol. The molecule has 7 heteroatoms. The van der Waals surface area contributed by atoms with Crippen LogP contribution in [0.1, 0.15) is 23.6 Å². The van der Waals surface area contributed by atoms with Gasteiger partial charge in [-0.3, -0.25) is 9.69 Å². The molecule has 0 fully saturated rings. The van der Waals surface area contributed by atoms with Crippen LogP contribution in [0.3, 0.4) is 0 Å². The number of ether oxygens (including phenoxy) is 2. The van der Waals surface area contributed by atoms with Gasteiger partial charge in [0.25, 0.3) is 0 Å². The van der Waals surface area contributed by atoms with Crippen molar-refractivity contribution in [3.8, 4) is 5.75 Å². The molecule has 2 amide bonds. The molecule has 2 atom stereocenters. The van der Waals surface area contributed by atoms with E-state index in [1.54, 1.807) is 6.92 Å². The Kier molecular flexibility index (Phi) is 9.42. The van der Waals surface area contributed by atoms with Crippen LogP contribution in [0.5, 0.6) is 5.75 Å². The van der Waals surface area contributed by atoms with Crippen LogP contribution in [0.2, 0.25) is 0 Å². The summed E-state index contributed by atoms with van der Waals surface area (Å²) in [5.41, 5.74) is 2.74. The molecule has 0 unspecified atom stereocenters. The lowest BCUT2D eigenvalue weighted by Crippen LogP contribution is -2.51. The van der Waals surface area contributed by atoms with E-state index in [0.717, 1.165) is 16.7 Å². The number of hydrogen-bond acceptors (Lipinski definition) is 5. The molecule has 0 heterocycles. The fourth-order valence-corrected chi connectivity index (χ4v) is 3.39. The molecule has 7 nitrogen and oxygen atoms in total. The molecule has 3 aromatic rings. The van der Waals surface area contributed by atoms with Gasteiger partial charge in [0, 0.05) is 13.5 Å². The first kappa shape index (κ1) is 25.5. The Morgan fingerprint density at radius 2 is 1.43 bits per heavy atom. The smallest absolute Gasteiger partial charge is 0.410 e. The molecule has 0 saturated carbocycles. The van der Waals surface area contributed by atoms with Gasteiger partial charge in [0.05, 0.1) is 6.04 Å². The van der Waals surface area contributed by atoms with Gasteiger partial charge in [0.1, 0.15) is 31.3 Å². The number of rotatable bonds is 11. The summed E-state index contributed by atoms with van der Waals surface area (Å²) in [5.74, 6) is 0.261. The molecular formula is C28H30N2O5. The van der Waals surface area contributed by atoms with E-state index in [1.807, 2.05) is 84.9 Å². The summed E-state index contributed by atoms with van der Waals surface area (Å²) >= 11 is 0. The third kappa shape index (κ3) is 7.99. The van der Waals surface area contributed by atoms with Crippen LogP contribution in [0.4, 0.5) is 4.79 Å². The largest absolute Gasteiger partial charge is 0.489 e. The SMILES string of the molecule is C[C@H](C=O)NC(=O)[C@H](Cc1ccc(OCc2ccccc2)cc1)N(C)C(=O)OCc1ccccc1. The molecule has 1 N–H and O–H groups in total. The second-order valence-corrected chi connectivity index (χ2v) is 8.22. The highest BCUT2D eigenvalue weighted by Crippen LogP contribution is 2.17. The molecule has 0 aromatic heterocycles. The first-order valence-corrected chi connectivity index (χ1v) is 11.4. The van der Waals surface area contributed by atoms with Gasteiger partial charge in [-0.2, -0.15) is 0 Å². The van der Waals surface area contributed by atoms with Crippen LogP contribution in [0.25, 0.3) is 0 Å². The Morgan fingerprint density at radius 3 is 2.00 bits per heavy atom. The Labute approximate surface area is 205 Å². The molecular weight excluding hydrogens is 444 g/mol. The highest BCUT2D eigenvalue weighted by atomic mass is 16.6. The predicted octanol–water partition coefficient (Wildman–Crippen LogP) is 4.15. The van der Waals surface area contributed by atoms with Crippen LogP contribution in [0.15, 0.2) is 84.9 Å². The standard InChI is InChI=1S/C28H30N2O5/c1-21(18-31)29-27(32)26(30(2)28(33)35-20-24-11-7-4-8-12-24)17-22-13-15-25(16-14-22)34-19-23-9-5-3-6-10-23/h3-16,18,21,26H,17,19-20H2,1-2H3,(H,29,32)/t21-,26+/m1/s1. The number of nitrogens with zero attached hydrogens (tertiary/aromatic N) is 1. The fourth-order valence-electron chi connectivity index (χ4n) is 3.39. The highest BCUT2D eigenvalue weighted by molar-refractivity contribution is 5.87. The molecule has 35 heavy (non-hydrogen) atoms. The van der Waals surface area contributed by atoms with Crippen molar-refractivity contribution in [3.63, 3.8) is 0 Å². The topological polar surface area (TPSA) is 84.9 Å². The summed E-state index contributed by atoms with van der Waals surface area (Å²) < 4.78 is 11.2. The van der Waals surface area contributed by atoms with Gasteiger partial charge in [-0.05, 0) is 35.7 Å². The lowest BCUT2D eigenvalue weighted by molar-refractivity contribution is -0.127. The summed E-state index contributed by atoms with van der Waals surface area (Å²) in [7, 11) is 1.51. The minimum atomic E-state index is -0.864. The Bertz CT molecular complexity index is 1090. The number of carbonyl (C=O) groups is 3. The van der Waals surface area contributed by atoms with Gasteiger partial charge in [-0.1, -0.05) is 72.8 Å². The van der Waals surface area contributed by atoms with E-state index < -0.39 is 24.1 Å². The minimum Gasteiger partial charge on any atom is -0.489 e. The molecule has 0 radical (unpaired) electrons. The zero-order valence-electron chi connectivity index (χ0n) is 19.9. The number of hydrogen-bond donors (Lipinski definition) is 1. The lowest BCUT2D eigenvalue weighted by Gasteiger charge is -2.27. The van der Waals surface area contributed by atoms with Crippen LogP contribution in [0, 0.1) is 0 Å². The zero-order valence-corrected chi connectivity index (χ0v) is 19.9. The molecule has 0 aliphatic rings. The van der Waals surface area contributed by atoms with Crippen molar-refractivity contribution in [1.82, 2.24) is 10.2 Å². The highest BCUT2D eigenvalue weighted by Gasteiger charge is 2.29. The molecule has 3 aromatic carbocycles. The van der Waals surface area contributed by atoms with E-state index in [4.69, 9.17) is 9.47 Å².